The standard InChI is InChI=1S/C13H14N2O5/c1-8(16)20-11-13(12(18)19)5-3-7-15(13)10(17)9-4-2-6-14(9)11/h2,4,6,11H,3,5,7H2,1H3,(H,18,19)/t11-,13-/m0/s1. The van der Waals surface area contributed by atoms with Crippen molar-refractivity contribution in [1.82, 2.24) is 9.47 Å². The summed E-state index contributed by atoms with van der Waals surface area (Å²) in [4.78, 5) is 36.9. The number of carbonyl (C=O) groups is 3. The molecule has 106 valence electrons. The largest absolute Gasteiger partial charge is 0.479 e. The van der Waals surface area contributed by atoms with Crippen molar-refractivity contribution in [3.8, 4) is 0 Å². The SMILES string of the molecule is CC(=O)O[C@@H]1n2cccc2C(=O)N2CCC[C@@]12C(=O)O. The molecule has 1 amide bonds. The Balaban J connectivity index is 2.20. The molecule has 20 heavy (non-hydrogen) atoms. The fraction of sp³-hybridized carbons (Fsp3) is 0.462. The normalized spacial score (nSPS) is 27.9. The van der Waals surface area contributed by atoms with E-state index in [0.29, 0.717) is 18.7 Å². The van der Waals surface area contributed by atoms with Crippen molar-refractivity contribution in [2.24, 2.45) is 0 Å². The molecular formula is C13H14N2O5. The molecule has 7 nitrogen and oxygen atoms in total. The average molecular weight is 278 g/mol. The highest BCUT2D eigenvalue weighted by Crippen LogP contribution is 2.44. The monoisotopic (exact) mass is 278 g/mol. The van der Waals surface area contributed by atoms with Crippen LogP contribution in [0.3, 0.4) is 0 Å². The van der Waals surface area contributed by atoms with Crippen molar-refractivity contribution in [3.05, 3.63) is 24.0 Å². The van der Waals surface area contributed by atoms with Crippen molar-refractivity contribution >= 4 is 17.8 Å². The summed E-state index contributed by atoms with van der Waals surface area (Å²) in [5.41, 5.74) is -1.16. The van der Waals surface area contributed by atoms with Crippen LogP contribution in [0.15, 0.2) is 18.3 Å². The zero-order valence-electron chi connectivity index (χ0n) is 10.9. The predicted octanol–water partition coefficient (Wildman–Crippen LogP) is 0.623. The number of hydrogen-bond donors (Lipinski definition) is 1. The highest BCUT2D eigenvalue weighted by molar-refractivity contribution is 5.99. The number of rotatable bonds is 2. The Bertz CT molecular complexity index is 608. The first-order valence-corrected chi connectivity index (χ1v) is 6.38. The van der Waals surface area contributed by atoms with Gasteiger partial charge in [-0.3, -0.25) is 9.59 Å². The second kappa shape index (κ2) is 4.09. The zero-order chi connectivity index (χ0) is 14.5. The summed E-state index contributed by atoms with van der Waals surface area (Å²) in [6.45, 7) is 1.59. The van der Waals surface area contributed by atoms with Gasteiger partial charge >= 0.3 is 11.9 Å². The third kappa shape index (κ3) is 1.43. The van der Waals surface area contributed by atoms with Gasteiger partial charge in [-0.15, -0.1) is 0 Å². The van der Waals surface area contributed by atoms with Crippen LogP contribution in [0, 0.1) is 0 Å². The van der Waals surface area contributed by atoms with Gasteiger partial charge in [0, 0.05) is 19.7 Å². The second-order valence-electron chi connectivity index (χ2n) is 5.05. The molecule has 2 aliphatic heterocycles. The summed E-state index contributed by atoms with van der Waals surface area (Å²) in [5, 5.41) is 9.66. The Morgan fingerprint density at radius 2 is 2.25 bits per heavy atom. The quantitative estimate of drug-likeness (QED) is 0.801. The first-order chi connectivity index (χ1) is 9.48. The zero-order valence-corrected chi connectivity index (χ0v) is 10.9. The number of aromatic nitrogens is 1. The van der Waals surface area contributed by atoms with Crippen LogP contribution >= 0.6 is 0 Å². The number of carboxylic acids is 1. The van der Waals surface area contributed by atoms with Crippen molar-refractivity contribution in [1.29, 1.82) is 0 Å². The maximum Gasteiger partial charge on any atom is 0.335 e. The van der Waals surface area contributed by atoms with E-state index in [1.165, 1.54) is 16.4 Å². The van der Waals surface area contributed by atoms with Gasteiger partial charge in [-0.1, -0.05) is 0 Å². The van der Waals surface area contributed by atoms with Crippen LogP contribution in [-0.4, -0.2) is 44.5 Å². The molecular weight excluding hydrogens is 264 g/mol. The molecule has 1 aromatic heterocycles. The molecule has 1 N–H and O–H groups in total. The second-order valence-corrected chi connectivity index (χ2v) is 5.05. The van der Waals surface area contributed by atoms with E-state index in [9.17, 15) is 19.5 Å². The number of nitrogens with zero attached hydrogens (tertiary/aromatic N) is 2. The lowest BCUT2D eigenvalue weighted by molar-refractivity contribution is -0.177. The molecule has 2 atom stereocenters. The Labute approximate surface area is 114 Å². The number of carbonyl (C=O) groups excluding carboxylic acids is 2. The van der Waals surface area contributed by atoms with Gasteiger partial charge < -0.3 is 19.3 Å². The number of esters is 1. The lowest BCUT2D eigenvalue weighted by Crippen LogP contribution is -2.62. The van der Waals surface area contributed by atoms with Gasteiger partial charge in [0.05, 0.1) is 0 Å². The Morgan fingerprint density at radius 1 is 1.50 bits per heavy atom. The number of amides is 1. The number of fused-ring (bicyclic) bond motifs is 2. The van der Waals surface area contributed by atoms with E-state index < -0.39 is 23.7 Å². The lowest BCUT2D eigenvalue weighted by atomic mass is 9.91. The molecule has 0 unspecified atom stereocenters. The lowest BCUT2D eigenvalue weighted by Gasteiger charge is -2.44. The van der Waals surface area contributed by atoms with Gasteiger partial charge in [0.2, 0.25) is 6.23 Å². The number of ether oxygens (including phenoxy) is 1. The molecule has 1 fully saturated rings. The summed E-state index contributed by atoms with van der Waals surface area (Å²) in [7, 11) is 0. The molecule has 2 aliphatic rings. The molecule has 1 saturated heterocycles. The Hall–Kier alpha value is -2.31. The smallest absolute Gasteiger partial charge is 0.335 e. The predicted molar refractivity (Wildman–Crippen MR) is 65.9 cm³/mol. The van der Waals surface area contributed by atoms with Crippen molar-refractivity contribution in [2.75, 3.05) is 6.54 Å². The highest BCUT2D eigenvalue weighted by atomic mass is 16.6. The molecule has 1 aromatic rings. The van der Waals surface area contributed by atoms with Gasteiger partial charge in [-0.05, 0) is 25.0 Å². The van der Waals surface area contributed by atoms with Gasteiger partial charge in [0.1, 0.15) is 5.69 Å². The van der Waals surface area contributed by atoms with E-state index in [2.05, 4.69) is 0 Å². The van der Waals surface area contributed by atoms with Crippen LogP contribution in [0.1, 0.15) is 36.5 Å². The third-order valence-corrected chi connectivity index (χ3v) is 3.97. The fourth-order valence-corrected chi connectivity index (χ4v) is 3.17. The molecule has 7 heteroatoms. The highest BCUT2D eigenvalue weighted by Gasteiger charge is 2.61. The maximum absolute atomic E-state index is 12.4. The van der Waals surface area contributed by atoms with E-state index in [-0.39, 0.29) is 12.3 Å². The minimum absolute atomic E-state index is 0.268. The topological polar surface area (TPSA) is 88.8 Å². The first-order valence-electron chi connectivity index (χ1n) is 6.38. The van der Waals surface area contributed by atoms with E-state index in [4.69, 9.17) is 4.74 Å². The fourth-order valence-electron chi connectivity index (χ4n) is 3.17. The molecule has 0 radical (unpaired) electrons. The summed E-state index contributed by atoms with van der Waals surface area (Å²) in [5.74, 6) is -2.05. The first kappa shape index (κ1) is 12.7. The van der Waals surface area contributed by atoms with Gasteiger partial charge in [-0.2, -0.15) is 0 Å². The number of carboxylic acid groups (broad SMARTS) is 1. The molecule has 0 saturated carbocycles. The number of hydrogen-bond acceptors (Lipinski definition) is 4. The summed E-state index contributed by atoms with van der Waals surface area (Å²) in [6, 6.07) is 3.24. The van der Waals surface area contributed by atoms with Crippen LogP contribution in [0.25, 0.3) is 0 Å². The van der Waals surface area contributed by atoms with Crippen LogP contribution in [0.5, 0.6) is 0 Å². The summed E-state index contributed by atoms with van der Waals surface area (Å²) >= 11 is 0. The van der Waals surface area contributed by atoms with Crippen LogP contribution in [0.4, 0.5) is 0 Å². The minimum Gasteiger partial charge on any atom is -0.479 e. The Morgan fingerprint density at radius 3 is 2.90 bits per heavy atom. The average Bonchev–Trinajstić information content (AvgIpc) is 3.01. The van der Waals surface area contributed by atoms with E-state index in [0.717, 1.165) is 0 Å². The number of aliphatic carboxylic acids is 1. The minimum atomic E-state index is -1.51. The van der Waals surface area contributed by atoms with Crippen molar-refractivity contribution in [3.63, 3.8) is 0 Å². The molecule has 0 spiro atoms. The van der Waals surface area contributed by atoms with Crippen LogP contribution in [0.2, 0.25) is 0 Å². The van der Waals surface area contributed by atoms with Crippen LogP contribution in [-0.2, 0) is 14.3 Å². The van der Waals surface area contributed by atoms with Crippen molar-refractivity contribution in [2.45, 2.75) is 31.5 Å². The van der Waals surface area contributed by atoms with E-state index in [1.54, 1.807) is 18.3 Å². The molecule has 0 aromatic carbocycles. The molecule has 3 rings (SSSR count). The molecule has 3 heterocycles. The molecule has 0 aliphatic carbocycles. The maximum atomic E-state index is 12.4. The van der Waals surface area contributed by atoms with E-state index >= 15 is 0 Å². The van der Waals surface area contributed by atoms with Gasteiger partial charge in [0.15, 0.2) is 5.54 Å². The van der Waals surface area contributed by atoms with Crippen molar-refractivity contribution < 1.29 is 24.2 Å². The molecule has 0 bridgehead atoms. The van der Waals surface area contributed by atoms with Crippen LogP contribution < -0.4 is 0 Å². The summed E-state index contributed by atoms with van der Waals surface area (Å²) in [6.07, 6.45) is 1.38. The van der Waals surface area contributed by atoms with Gasteiger partial charge in [0.25, 0.3) is 5.91 Å². The Kier molecular flexibility index (Phi) is 2.60. The van der Waals surface area contributed by atoms with Gasteiger partial charge in [-0.25, -0.2) is 4.79 Å². The third-order valence-electron chi connectivity index (χ3n) is 3.97. The summed E-state index contributed by atoms with van der Waals surface area (Å²) < 4.78 is 6.70. The van der Waals surface area contributed by atoms with E-state index in [1.807, 2.05) is 0 Å².